The van der Waals surface area contributed by atoms with Crippen LogP contribution in [-0.2, 0) is 11.3 Å². The molecule has 27 heavy (non-hydrogen) atoms. The largest absolute Gasteiger partial charge is 0.376 e. The van der Waals surface area contributed by atoms with Crippen molar-refractivity contribution in [3.05, 3.63) is 63.4 Å². The van der Waals surface area contributed by atoms with Gasteiger partial charge >= 0.3 is 0 Å². The summed E-state index contributed by atoms with van der Waals surface area (Å²) in [6.07, 6.45) is 2.03. The van der Waals surface area contributed by atoms with Gasteiger partial charge in [-0.25, -0.2) is 4.39 Å². The van der Waals surface area contributed by atoms with Gasteiger partial charge in [0.1, 0.15) is 5.82 Å². The summed E-state index contributed by atoms with van der Waals surface area (Å²) >= 11 is 18.2. The van der Waals surface area contributed by atoms with Crippen LogP contribution in [0.1, 0.15) is 24.0 Å². The Kier molecular flexibility index (Phi) is 6.93. The summed E-state index contributed by atoms with van der Waals surface area (Å²) in [5.41, 5.74) is 2.14. The monoisotopic (exact) mass is 426 g/mol. The number of hydrogen-bond acceptors (Lipinski definition) is 2. The molecule has 3 nitrogen and oxygen atoms in total. The van der Waals surface area contributed by atoms with Crippen LogP contribution in [0.3, 0.4) is 0 Å². The van der Waals surface area contributed by atoms with Gasteiger partial charge in [-0.15, -0.1) is 0 Å². The molecule has 0 spiro atoms. The minimum atomic E-state index is -0.350. The Bertz CT molecular complexity index is 787. The summed E-state index contributed by atoms with van der Waals surface area (Å²) in [5.74, 6) is -0.350. The average Bonchev–Trinajstić information content (AvgIpc) is 3.13. The number of hydrogen-bond donors (Lipinski definition) is 1. The molecule has 0 aromatic heterocycles. The van der Waals surface area contributed by atoms with E-state index in [2.05, 4.69) is 5.32 Å². The van der Waals surface area contributed by atoms with Gasteiger partial charge in [0.05, 0.1) is 16.8 Å². The maximum absolute atomic E-state index is 14.3. The lowest BCUT2D eigenvalue weighted by molar-refractivity contribution is 0.0903. The van der Waals surface area contributed by atoms with Gasteiger partial charge in [-0.1, -0.05) is 41.4 Å². The predicted molar refractivity (Wildman–Crippen MR) is 113 cm³/mol. The van der Waals surface area contributed by atoms with Gasteiger partial charge < -0.3 is 15.0 Å². The molecule has 1 atom stereocenters. The van der Waals surface area contributed by atoms with Gasteiger partial charge in [0.15, 0.2) is 5.11 Å². The van der Waals surface area contributed by atoms with Crippen molar-refractivity contribution in [2.45, 2.75) is 32.4 Å². The fourth-order valence-corrected chi connectivity index (χ4v) is 3.84. The SMILES string of the molecule is Cc1cccc(Cl)c1NC(=S)N(Cc1c(F)cccc1Cl)C[C@H]1CCCO1. The van der Waals surface area contributed by atoms with Crippen LogP contribution in [-0.4, -0.2) is 29.3 Å². The maximum Gasteiger partial charge on any atom is 0.173 e. The Labute approximate surface area is 174 Å². The third-order valence-electron chi connectivity index (χ3n) is 4.60. The van der Waals surface area contributed by atoms with E-state index in [-0.39, 0.29) is 18.5 Å². The summed E-state index contributed by atoms with van der Waals surface area (Å²) in [7, 11) is 0. The van der Waals surface area contributed by atoms with Gasteiger partial charge in [0.25, 0.3) is 0 Å². The van der Waals surface area contributed by atoms with E-state index >= 15 is 0 Å². The van der Waals surface area contributed by atoms with Gasteiger partial charge in [0.2, 0.25) is 0 Å². The standard InChI is InChI=1S/C20H21Cl2FN2OS/c1-13-5-2-8-17(22)19(13)24-20(27)25(11-14-6-4-10-26-14)12-15-16(21)7-3-9-18(15)23/h2-3,5,7-9,14H,4,6,10-12H2,1H3,(H,24,27)/t14-/m1/s1. The van der Waals surface area contributed by atoms with E-state index in [4.69, 9.17) is 40.2 Å². The topological polar surface area (TPSA) is 24.5 Å². The van der Waals surface area contributed by atoms with Gasteiger partial charge in [-0.3, -0.25) is 0 Å². The summed E-state index contributed by atoms with van der Waals surface area (Å²) in [4.78, 5) is 1.89. The van der Waals surface area contributed by atoms with E-state index in [1.165, 1.54) is 6.07 Å². The van der Waals surface area contributed by atoms with Crippen molar-refractivity contribution >= 4 is 46.2 Å². The normalized spacial score (nSPS) is 16.4. The number of anilines is 1. The zero-order valence-corrected chi connectivity index (χ0v) is 17.3. The highest BCUT2D eigenvalue weighted by Gasteiger charge is 2.23. The molecule has 0 amide bonds. The van der Waals surface area contributed by atoms with E-state index in [1.807, 2.05) is 24.0 Å². The number of halogens is 3. The van der Waals surface area contributed by atoms with Crippen LogP contribution < -0.4 is 5.32 Å². The summed E-state index contributed by atoms with van der Waals surface area (Å²) in [5, 5.41) is 4.64. The van der Waals surface area contributed by atoms with Gasteiger partial charge in [0, 0.05) is 30.3 Å². The first kappa shape index (κ1) is 20.3. The minimum absolute atomic E-state index is 0.0580. The van der Waals surface area contributed by atoms with E-state index in [0.717, 1.165) is 30.7 Å². The Morgan fingerprint density at radius 3 is 2.67 bits per heavy atom. The van der Waals surface area contributed by atoms with Crippen molar-refractivity contribution in [1.29, 1.82) is 0 Å². The number of rotatable bonds is 5. The minimum Gasteiger partial charge on any atom is -0.376 e. The van der Waals surface area contributed by atoms with E-state index in [0.29, 0.717) is 27.3 Å². The molecule has 1 N–H and O–H groups in total. The predicted octanol–water partition coefficient (Wildman–Crippen LogP) is 5.82. The molecular weight excluding hydrogens is 406 g/mol. The fraction of sp³-hybridized carbons (Fsp3) is 0.350. The van der Waals surface area contributed by atoms with Crippen LogP contribution in [0.25, 0.3) is 0 Å². The molecule has 144 valence electrons. The first-order chi connectivity index (χ1) is 13.0. The maximum atomic E-state index is 14.3. The third kappa shape index (κ3) is 5.11. The number of nitrogens with zero attached hydrogens (tertiary/aromatic N) is 1. The molecule has 0 aliphatic carbocycles. The summed E-state index contributed by atoms with van der Waals surface area (Å²) in [6, 6.07) is 10.3. The van der Waals surface area contributed by atoms with Crippen LogP contribution in [0.15, 0.2) is 36.4 Å². The first-order valence-electron chi connectivity index (χ1n) is 8.81. The summed E-state index contributed by atoms with van der Waals surface area (Å²) < 4.78 is 20.1. The molecule has 1 aliphatic rings. The van der Waals surface area contributed by atoms with Crippen molar-refractivity contribution in [2.24, 2.45) is 0 Å². The first-order valence-corrected chi connectivity index (χ1v) is 9.97. The lowest BCUT2D eigenvalue weighted by Crippen LogP contribution is -2.40. The molecule has 2 aromatic rings. The third-order valence-corrected chi connectivity index (χ3v) is 5.63. The second-order valence-corrected chi connectivity index (χ2v) is 7.78. The zero-order valence-electron chi connectivity index (χ0n) is 15.0. The molecule has 0 bridgehead atoms. The lowest BCUT2D eigenvalue weighted by atomic mass is 10.1. The smallest absolute Gasteiger partial charge is 0.173 e. The van der Waals surface area contributed by atoms with Gasteiger partial charge in [-0.2, -0.15) is 0 Å². The van der Waals surface area contributed by atoms with Crippen LogP contribution in [0.2, 0.25) is 10.0 Å². The zero-order chi connectivity index (χ0) is 19.4. The van der Waals surface area contributed by atoms with E-state index < -0.39 is 0 Å². The molecule has 0 saturated carbocycles. The Morgan fingerprint density at radius 1 is 1.26 bits per heavy atom. The van der Waals surface area contributed by atoms with Crippen molar-refractivity contribution in [2.75, 3.05) is 18.5 Å². The quantitative estimate of drug-likeness (QED) is 0.608. The molecule has 7 heteroatoms. The van der Waals surface area contributed by atoms with Crippen molar-refractivity contribution < 1.29 is 9.13 Å². The Hall–Kier alpha value is -1.40. The highest BCUT2D eigenvalue weighted by molar-refractivity contribution is 7.80. The molecule has 1 saturated heterocycles. The highest BCUT2D eigenvalue weighted by atomic mass is 35.5. The summed E-state index contributed by atoms with van der Waals surface area (Å²) in [6.45, 7) is 3.50. The van der Waals surface area contributed by atoms with Crippen LogP contribution in [0.4, 0.5) is 10.1 Å². The Balaban J connectivity index is 1.83. The number of nitrogens with one attached hydrogen (secondary N) is 1. The number of ether oxygens (including phenoxy) is 1. The molecule has 2 aromatic carbocycles. The Morgan fingerprint density at radius 2 is 2.00 bits per heavy atom. The molecule has 3 rings (SSSR count). The van der Waals surface area contributed by atoms with Crippen molar-refractivity contribution in [3.63, 3.8) is 0 Å². The highest BCUT2D eigenvalue weighted by Crippen LogP contribution is 2.27. The fourth-order valence-electron chi connectivity index (χ4n) is 3.10. The lowest BCUT2D eigenvalue weighted by Gasteiger charge is -2.29. The van der Waals surface area contributed by atoms with Crippen LogP contribution >= 0.6 is 35.4 Å². The van der Waals surface area contributed by atoms with Crippen molar-refractivity contribution in [1.82, 2.24) is 4.90 Å². The number of aryl methyl sites for hydroxylation is 1. The second-order valence-electron chi connectivity index (χ2n) is 6.58. The average molecular weight is 427 g/mol. The molecule has 1 heterocycles. The van der Waals surface area contributed by atoms with E-state index in [9.17, 15) is 4.39 Å². The molecule has 1 aliphatic heterocycles. The molecule has 0 unspecified atom stereocenters. The molecule has 0 radical (unpaired) electrons. The number of benzene rings is 2. The van der Waals surface area contributed by atoms with Crippen LogP contribution in [0, 0.1) is 12.7 Å². The molecule has 1 fully saturated rings. The molecular formula is C20H21Cl2FN2OS. The van der Waals surface area contributed by atoms with E-state index in [1.54, 1.807) is 18.2 Å². The van der Waals surface area contributed by atoms with Crippen molar-refractivity contribution in [3.8, 4) is 0 Å². The second kappa shape index (κ2) is 9.20. The van der Waals surface area contributed by atoms with Crippen LogP contribution in [0.5, 0.6) is 0 Å². The number of thiocarbonyl (C=S) groups is 1. The van der Waals surface area contributed by atoms with Gasteiger partial charge in [-0.05, 0) is 55.7 Å². The number of para-hydroxylation sites is 1.